The average Bonchev–Trinajstić information content (AvgIpc) is 3.21. The predicted octanol–water partition coefficient (Wildman–Crippen LogP) is 4.14. The topological polar surface area (TPSA) is 69.7 Å². The zero-order chi connectivity index (χ0) is 20.2. The number of benzene rings is 2. The molecule has 148 valence electrons. The molecule has 0 aliphatic carbocycles. The number of halogens is 1. The van der Waals surface area contributed by atoms with Crippen molar-refractivity contribution in [2.75, 3.05) is 6.79 Å². The van der Waals surface area contributed by atoms with Gasteiger partial charge in [-0.2, -0.15) is 0 Å². The maximum absolute atomic E-state index is 12.9. The first kappa shape index (κ1) is 19.1. The van der Waals surface area contributed by atoms with Crippen LogP contribution in [-0.2, 0) is 4.79 Å². The van der Waals surface area contributed by atoms with E-state index in [0.717, 1.165) is 11.1 Å². The molecule has 0 unspecified atom stereocenters. The maximum atomic E-state index is 12.9. The first-order valence-electron chi connectivity index (χ1n) is 9.12. The van der Waals surface area contributed by atoms with Crippen molar-refractivity contribution in [2.45, 2.75) is 19.1 Å². The van der Waals surface area contributed by atoms with E-state index < -0.39 is 6.10 Å². The van der Waals surface area contributed by atoms with E-state index in [1.54, 1.807) is 49.6 Å². The SMILES string of the molecule is C[C@@H](Oc1ccc2c(c1)OCO2)C(=O)N[C@@H](c1ccc(Cl)cc1)c1cccnc1. The van der Waals surface area contributed by atoms with Gasteiger partial charge in [0.1, 0.15) is 5.75 Å². The minimum absolute atomic E-state index is 0.183. The van der Waals surface area contributed by atoms with Crippen LogP contribution in [0.15, 0.2) is 67.0 Å². The number of pyridine rings is 1. The standard InChI is InChI=1S/C22H19ClN2O4/c1-14(29-18-8-9-19-20(11-18)28-13-27-19)22(26)25-21(16-3-2-10-24-12-16)15-4-6-17(23)7-5-15/h2-12,14,21H,13H2,1H3,(H,25,26)/t14-,21+/m1/s1. The summed E-state index contributed by atoms with van der Waals surface area (Å²) in [5, 5.41) is 3.67. The molecule has 1 aliphatic heterocycles. The highest BCUT2D eigenvalue weighted by Gasteiger charge is 2.23. The van der Waals surface area contributed by atoms with E-state index in [0.29, 0.717) is 22.3 Å². The van der Waals surface area contributed by atoms with Crippen molar-refractivity contribution < 1.29 is 19.0 Å². The van der Waals surface area contributed by atoms with Gasteiger partial charge in [0.15, 0.2) is 17.6 Å². The number of carbonyl (C=O) groups is 1. The average molecular weight is 411 g/mol. The number of ether oxygens (including phenoxy) is 3. The summed E-state index contributed by atoms with van der Waals surface area (Å²) in [5.41, 5.74) is 1.75. The van der Waals surface area contributed by atoms with Crippen LogP contribution < -0.4 is 19.5 Å². The molecule has 1 aromatic heterocycles. The summed E-state index contributed by atoms with van der Waals surface area (Å²) in [6.45, 7) is 1.88. The molecule has 2 heterocycles. The monoisotopic (exact) mass is 410 g/mol. The Kier molecular flexibility index (Phi) is 5.53. The van der Waals surface area contributed by atoms with Crippen LogP contribution >= 0.6 is 11.6 Å². The molecule has 2 atom stereocenters. The number of hydrogen-bond acceptors (Lipinski definition) is 5. The number of aromatic nitrogens is 1. The normalized spacial score (nSPS) is 14.1. The minimum Gasteiger partial charge on any atom is -0.481 e. The molecular weight excluding hydrogens is 392 g/mol. The van der Waals surface area contributed by atoms with E-state index in [-0.39, 0.29) is 18.7 Å². The van der Waals surface area contributed by atoms with Crippen molar-refractivity contribution in [3.63, 3.8) is 0 Å². The van der Waals surface area contributed by atoms with Gasteiger partial charge >= 0.3 is 0 Å². The summed E-state index contributed by atoms with van der Waals surface area (Å²) in [5.74, 6) is 1.53. The van der Waals surface area contributed by atoms with Gasteiger partial charge in [0.2, 0.25) is 6.79 Å². The van der Waals surface area contributed by atoms with E-state index in [4.69, 9.17) is 25.8 Å². The second-order valence-electron chi connectivity index (χ2n) is 6.55. The molecule has 0 radical (unpaired) electrons. The highest BCUT2D eigenvalue weighted by Crippen LogP contribution is 2.35. The predicted molar refractivity (Wildman–Crippen MR) is 108 cm³/mol. The molecule has 0 fully saturated rings. The number of amides is 1. The Morgan fingerprint density at radius 3 is 2.66 bits per heavy atom. The number of nitrogens with zero attached hydrogens (tertiary/aromatic N) is 1. The van der Waals surface area contributed by atoms with E-state index >= 15 is 0 Å². The van der Waals surface area contributed by atoms with Gasteiger partial charge in [-0.1, -0.05) is 29.8 Å². The van der Waals surface area contributed by atoms with Crippen LogP contribution in [0, 0.1) is 0 Å². The van der Waals surface area contributed by atoms with E-state index in [1.165, 1.54) is 0 Å². The van der Waals surface area contributed by atoms with Gasteiger partial charge in [0.05, 0.1) is 6.04 Å². The zero-order valence-electron chi connectivity index (χ0n) is 15.7. The maximum Gasteiger partial charge on any atom is 0.261 e. The second kappa shape index (κ2) is 8.41. The fraction of sp³-hybridized carbons (Fsp3) is 0.182. The van der Waals surface area contributed by atoms with E-state index in [1.807, 2.05) is 24.3 Å². The number of rotatable bonds is 6. The van der Waals surface area contributed by atoms with E-state index in [2.05, 4.69) is 10.3 Å². The molecule has 0 bridgehead atoms. The number of carbonyl (C=O) groups excluding carboxylic acids is 1. The van der Waals surface area contributed by atoms with Crippen LogP contribution in [0.4, 0.5) is 0 Å². The Balaban J connectivity index is 1.50. The Bertz CT molecular complexity index is 995. The smallest absolute Gasteiger partial charge is 0.261 e. The van der Waals surface area contributed by atoms with Gasteiger partial charge in [-0.25, -0.2) is 0 Å². The molecule has 29 heavy (non-hydrogen) atoms. The molecule has 3 aromatic rings. The van der Waals surface area contributed by atoms with Crippen molar-refractivity contribution in [3.05, 3.63) is 83.1 Å². The van der Waals surface area contributed by atoms with Crippen molar-refractivity contribution in [3.8, 4) is 17.2 Å². The summed E-state index contributed by atoms with van der Waals surface area (Å²) < 4.78 is 16.5. The largest absolute Gasteiger partial charge is 0.481 e. The molecular formula is C22H19ClN2O4. The Hall–Kier alpha value is -3.25. The first-order valence-corrected chi connectivity index (χ1v) is 9.50. The van der Waals surface area contributed by atoms with Crippen LogP contribution in [0.1, 0.15) is 24.1 Å². The zero-order valence-corrected chi connectivity index (χ0v) is 16.4. The summed E-state index contributed by atoms with van der Waals surface area (Å²) in [6.07, 6.45) is 2.69. The Morgan fingerprint density at radius 2 is 1.90 bits per heavy atom. The third-order valence-electron chi connectivity index (χ3n) is 4.53. The van der Waals surface area contributed by atoms with Crippen molar-refractivity contribution >= 4 is 17.5 Å². The lowest BCUT2D eigenvalue weighted by atomic mass is 10.00. The van der Waals surface area contributed by atoms with Gasteiger partial charge in [-0.15, -0.1) is 0 Å². The number of fused-ring (bicyclic) bond motifs is 1. The molecule has 1 N–H and O–H groups in total. The first-order chi connectivity index (χ1) is 14.1. The third kappa shape index (κ3) is 4.43. The van der Waals surface area contributed by atoms with Crippen molar-refractivity contribution in [2.24, 2.45) is 0 Å². The molecule has 1 amide bonds. The summed E-state index contributed by atoms with van der Waals surface area (Å²) in [7, 11) is 0. The van der Waals surface area contributed by atoms with Gasteiger partial charge in [0, 0.05) is 23.5 Å². The lowest BCUT2D eigenvalue weighted by Crippen LogP contribution is -2.39. The van der Waals surface area contributed by atoms with Crippen LogP contribution in [0.25, 0.3) is 0 Å². The van der Waals surface area contributed by atoms with Crippen molar-refractivity contribution in [1.29, 1.82) is 0 Å². The molecule has 0 spiro atoms. The third-order valence-corrected chi connectivity index (χ3v) is 4.79. The van der Waals surface area contributed by atoms with Crippen LogP contribution in [0.3, 0.4) is 0 Å². The highest BCUT2D eigenvalue weighted by molar-refractivity contribution is 6.30. The molecule has 2 aromatic carbocycles. The molecule has 0 saturated carbocycles. The van der Waals surface area contributed by atoms with Crippen LogP contribution in [0.2, 0.25) is 5.02 Å². The lowest BCUT2D eigenvalue weighted by molar-refractivity contribution is -0.127. The molecule has 4 rings (SSSR count). The molecule has 6 nitrogen and oxygen atoms in total. The Labute approximate surface area is 173 Å². The summed E-state index contributed by atoms with van der Waals surface area (Å²) in [4.78, 5) is 17.0. The quantitative estimate of drug-likeness (QED) is 0.661. The number of hydrogen-bond donors (Lipinski definition) is 1. The molecule has 0 saturated heterocycles. The minimum atomic E-state index is -0.721. The second-order valence-corrected chi connectivity index (χ2v) is 6.99. The van der Waals surface area contributed by atoms with Crippen LogP contribution in [0.5, 0.6) is 17.2 Å². The van der Waals surface area contributed by atoms with Gasteiger partial charge in [-0.05, 0) is 48.4 Å². The fourth-order valence-corrected chi connectivity index (χ4v) is 3.15. The van der Waals surface area contributed by atoms with Crippen molar-refractivity contribution in [1.82, 2.24) is 10.3 Å². The molecule has 7 heteroatoms. The lowest BCUT2D eigenvalue weighted by Gasteiger charge is -2.22. The fourth-order valence-electron chi connectivity index (χ4n) is 3.03. The van der Waals surface area contributed by atoms with Crippen LogP contribution in [-0.4, -0.2) is 23.8 Å². The summed E-state index contributed by atoms with van der Waals surface area (Å²) in [6, 6.07) is 15.9. The Morgan fingerprint density at radius 1 is 1.10 bits per heavy atom. The van der Waals surface area contributed by atoms with E-state index in [9.17, 15) is 4.79 Å². The van der Waals surface area contributed by atoms with Gasteiger partial charge in [0.25, 0.3) is 5.91 Å². The number of nitrogens with one attached hydrogen (secondary N) is 1. The summed E-state index contributed by atoms with van der Waals surface area (Å²) >= 11 is 6.01. The molecule has 1 aliphatic rings. The van der Waals surface area contributed by atoms with Gasteiger partial charge in [-0.3, -0.25) is 9.78 Å². The van der Waals surface area contributed by atoms with Gasteiger partial charge < -0.3 is 19.5 Å². The highest BCUT2D eigenvalue weighted by atomic mass is 35.5.